The van der Waals surface area contributed by atoms with E-state index in [1.54, 1.807) is 0 Å². The highest BCUT2D eigenvalue weighted by Crippen LogP contribution is 2.80. The fourth-order valence-electron chi connectivity index (χ4n) is 12.9. The van der Waals surface area contributed by atoms with Crippen molar-refractivity contribution in [2.24, 2.45) is 21.7 Å². The molecule has 4 aliphatic heterocycles. The molecule has 0 unspecified atom stereocenters. The number of piperidine rings is 2. The molecule has 2 aromatic rings. The molecule has 0 radical (unpaired) electrons. The summed E-state index contributed by atoms with van der Waals surface area (Å²) in [5.74, 6) is 0. The summed E-state index contributed by atoms with van der Waals surface area (Å²) in [4.78, 5) is 12.1. The molecule has 44 heavy (non-hydrogen) atoms. The van der Waals surface area contributed by atoms with Crippen molar-refractivity contribution in [3.8, 4) is 0 Å². The van der Waals surface area contributed by atoms with Crippen LogP contribution in [0.1, 0.15) is 90.2 Å². The summed E-state index contributed by atoms with van der Waals surface area (Å²) in [7, 11) is 0. The molecule has 4 heteroatoms. The topological polar surface area (TPSA) is 13.0 Å². The van der Waals surface area contributed by atoms with E-state index >= 15 is 0 Å². The molecule has 4 bridgehead atoms. The molecule has 8 rings (SSSR count). The molecule has 2 saturated carbocycles. The zero-order valence-corrected chi connectivity index (χ0v) is 28.2. The lowest BCUT2D eigenvalue weighted by molar-refractivity contribution is -0.196. The fourth-order valence-corrected chi connectivity index (χ4v) is 12.9. The van der Waals surface area contributed by atoms with E-state index in [1.165, 1.54) is 102 Å². The van der Waals surface area contributed by atoms with E-state index in [4.69, 9.17) is 0 Å². The van der Waals surface area contributed by atoms with E-state index in [2.05, 4.69) is 108 Å². The van der Waals surface area contributed by atoms with Gasteiger partial charge in [-0.05, 0) is 86.7 Å². The second-order valence-corrected chi connectivity index (χ2v) is 16.9. The van der Waals surface area contributed by atoms with Crippen LogP contribution >= 0.6 is 0 Å². The molecule has 238 valence electrons. The third-order valence-corrected chi connectivity index (χ3v) is 14.7. The van der Waals surface area contributed by atoms with E-state index in [0.717, 1.165) is 13.1 Å². The second kappa shape index (κ2) is 10.9. The first-order valence-electron chi connectivity index (χ1n) is 18.3. The van der Waals surface area contributed by atoms with Gasteiger partial charge in [-0.2, -0.15) is 0 Å². The van der Waals surface area contributed by atoms with Gasteiger partial charge in [-0.15, -0.1) is 0 Å². The van der Waals surface area contributed by atoms with Crippen LogP contribution in [0.5, 0.6) is 0 Å². The smallest absolute Gasteiger partial charge is 0.0240 e. The molecule has 6 aliphatic rings. The van der Waals surface area contributed by atoms with Crippen molar-refractivity contribution in [2.75, 3.05) is 39.3 Å². The van der Waals surface area contributed by atoms with Gasteiger partial charge in [0.15, 0.2) is 0 Å². The van der Waals surface area contributed by atoms with Crippen LogP contribution in [0.2, 0.25) is 0 Å². The van der Waals surface area contributed by atoms with Crippen molar-refractivity contribution in [2.45, 2.75) is 116 Å². The summed E-state index contributed by atoms with van der Waals surface area (Å²) < 4.78 is 0. The number of rotatable bonds is 8. The average molecular weight is 595 g/mol. The molecular weight excluding hydrogens is 536 g/mol. The average Bonchev–Trinajstić information content (AvgIpc) is 3.22. The van der Waals surface area contributed by atoms with Gasteiger partial charge in [-0.25, -0.2) is 0 Å². The Kier molecular flexibility index (Phi) is 7.37. The third kappa shape index (κ3) is 4.09. The van der Waals surface area contributed by atoms with Gasteiger partial charge in [0, 0.05) is 61.2 Å². The lowest BCUT2D eigenvalue weighted by atomic mass is 9.35. The van der Waals surface area contributed by atoms with Crippen LogP contribution in [0.15, 0.2) is 60.7 Å². The Morgan fingerprint density at radius 1 is 0.500 bits per heavy atom. The molecule has 6 fully saturated rings. The standard InChI is InChI=1S/C40H58N4/c1-37(2)33-25-36-40(30-42-23-15-8-16-24-42)38(3,4)34(44(36)28-32-19-11-6-12-20-32)26-35(43(33)27-31-17-9-5-10-18-31)39(37,40)29-41-21-13-7-14-22-41/h5-6,9-12,17-20,33-36H,7-8,13-16,21-30H2,1-4H3/t33-,34-,35+,36+,39-,40-/m0/s1. The van der Waals surface area contributed by atoms with Crippen molar-refractivity contribution < 1.29 is 0 Å². The lowest BCUT2D eigenvalue weighted by Gasteiger charge is -2.69. The van der Waals surface area contributed by atoms with Crippen LogP contribution in [0.4, 0.5) is 0 Å². The Labute approximate surface area is 268 Å². The molecule has 0 aromatic heterocycles. The van der Waals surface area contributed by atoms with Gasteiger partial charge in [-0.1, -0.05) is 101 Å². The van der Waals surface area contributed by atoms with Crippen molar-refractivity contribution >= 4 is 0 Å². The highest BCUT2D eigenvalue weighted by molar-refractivity contribution is 5.38. The second-order valence-electron chi connectivity index (χ2n) is 16.9. The summed E-state index contributed by atoms with van der Waals surface area (Å²) in [6.45, 7) is 21.0. The van der Waals surface area contributed by atoms with Gasteiger partial charge in [0.2, 0.25) is 0 Å². The van der Waals surface area contributed by atoms with Crippen LogP contribution in [-0.2, 0) is 13.1 Å². The molecule has 2 aromatic carbocycles. The zero-order chi connectivity index (χ0) is 30.2. The highest BCUT2D eigenvalue weighted by Gasteiger charge is 2.85. The van der Waals surface area contributed by atoms with Crippen molar-refractivity contribution in [3.05, 3.63) is 71.8 Å². The van der Waals surface area contributed by atoms with Crippen LogP contribution in [0, 0.1) is 21.7 Å². The predicted octanol–water partition coefficient (Wildman–Crippen LogP) is 7.30. The Hall–Kier alpha value is -1.72. The quantitative estimate of drug-likeness (QED) is 0.318. The summed E-state index contributed by atoms with van der Waals surface area (Å²) >= 11 is 0. The molecule has 0 amide bonds. The molecule has 2 aliphatic carbocycles. The van der Waals surface area contributed by atoms with Crippen LogP contribution in [0.25, 0.3) is 0 Å². The van der Waals surface area contributed by atoms with Crippen LogP contribution in [-0.4, -0.2) is 83.0 Å². The van der Waals surface area contributed by atoms with E-state index in [-0.39, 0.29) is 21.7 Å². The number of benzene rings is 2. The zero-order valence-electron chi connectivity index (χ0n) is 28.2. The first kappa shape index (κ1) is 29.7. The Balaban J connectivity index is 1.31. The number of likely N-dealkylation sites (tertiary alicyclic amines) is 4. The van der Waals surface area contributed by atoms with Gasteiger partial charge in [0.05, 0.1) is 0 Å². The number of fused-ring (bicyclic) bond motifs is 2. The molecular formula is C40H58N4. The largest absolute Gasteiger partial charge is 0.303 e. The van der Waals surface area contributed by atoms with E-state index in [0.29, 0.717) is 24.2 Å². The maximum atomic E-state index is 3.10. The van der Waals surface area contributed by atoms with E-state index in [1.807, 2.05) is 0 Å². The first-order valence-corrected chi connectivity index (χ1v) is 18.3. The Bertz CT molecular complexity index is 1190. The van der Waals surface area contributed by atoms with E-state index < -0.39 is 0 Å². The first-order chi connectivity index (χ1) is 21.3. The summed E-state index contributed by atoms with van der Waals surface area (Å²) in [5, 5.41) is 0. The Morgan fingerprint density at radius 2 is 0.864 bits per heavy atom. The summed E-state index contributed by atoms with van der Waals surface area (Å²) in [5.41, 5.74) is 4.02. The molecule has 4 heterocycles. The van der Waals surface area contributed by atoms with Gasteiger partial charge >= 0.3 is 0 Å². The molecule has 0 spiro atoms. The van der Waals surface area contributed by atoms with Crippen molar-refractivity contribution in [1.82, 2.24) is 19.6 Å². The molecule has 4 saturated heterocycles. The van der Waals surface area contributed by atoms with Crippen molar-refractivity contribution in [1.29, 1.82) is 0 Å². The molecule has 0 N–H and O–H groups in total. The van der Waals surface area contributed by atoms with Crippen LogP contribution < -0.4 is 0 Å². The third-order valence-electron chi connectivity index (χ3n) is 14.7. The molecule has 4 nitrogen and oxygen atoms in total. The minimum absolute atomic E-state index is 0.251. The van der Waals surface area contributed by atoms with Crippen molar-refractivity contribution in [3.63, 3.8) is 0 Å². The number of nitrogens with zero attached hydrogens (tertiary/aromatic N) is 4. The Morgan fingerprint density at radius 3 is 1.23 bits per heavy atom. The molecule has 6 atom stereocenters. The van der Waals surface area contributed by atoms with Gasteiger partial charge < -0.3 is 9.80 Å². The minimum atomic E-state index is 0.251. The number of hydrogen-bond acceptors (Lipinski definition) is 4. The maximum absolute atomic E-state index is 3.10. The lowest BCUT2D eigenvalue weighted by Crippen LogP contribution is -2.74. The van der Waals surface area contributed by atoms with Gasteiger partial charge in [0.1, 0.15) is 0 Å². The fraction of sp³-hybridized carbons (Fsp3) is 0.700. The SMILES string of the molecule is CC1(C)[C@@H]2C[C@H]3N(Cc4ccccc4)[C@H]4C[C@@H](N2Cc2ccccc2)[C@]1(CN1CCCCC1)[C@]3(CN1CCCCC1)C4(C)C. The highest BCUT2D eigenvalue weighted by atomic mass is 15.4. The summed E-state index contributed by atoms with van der Waals surface area (Å²) in [6, 6.07) is 25.5. The normalized spacial score (nSPS) is 38.4. The number of hydrogen-bond donors (Lipinski definition) is 0. The monoisotopic (exact) mass is 594 g/mol. The van der Waals surface area contributed by atoms with Gasteiger partial charge in [0.25, 0.3) is 0 Å². The predicted molar refractivity (Wildman–Crippen MR) is 181 cm³/mol. The van der Waals surface area contributed by atoms with Gasteiger partial charge in [-0.3, -0.25) is 9.80 Å². The van der Waals surface area contributed by atoms with E-state index in [9.17, 15) is 0 Å². The summed E-state index contributed by atoms with van der Waals surface area (Å²) in [6.07, 6.45) is 11.0. The maximum Gasteiger partial charge on any atom is 0.0240 e. The van der Waals surface area contributed by atoms with Crippen LogP contribution in [0.3, 0.4) is 0 Å². The minimum Gasteiger partial charge on any atom is -0.303 e.